The third kappa shape index (κ3) is 2.31. The summed E-state index contributed by atoms with van der Waals surface area (Å²) in [7, 11) is 3.57. The Hall–Kier alpha value is -1.82. The molecule has 22 heavy (non-hydrogen) atoms. The fourth-order valence-electron chi connectivity index (χ4n) is 3.28. The number of rotatable bonds is 2. The lowest BCUT2D eigenvalue weighted by Gasteiger charge is -2.24. The molecule has 1 heterocycles. The van der Waals surface area contributed by atoms with E-state index in [1.807, 2.05) is 6.07 Å². The van der Waals surface area contributed by atoms with Gasteiger partial charge in [-0.05, 0) is 37.0 Å². The van der Waals surface area contributed by atoms with Crippen LogP contribution in [-0.4, -0.2) is 35.8 Å². The molecule has 5 nitrogen and oxygen atoms in total. The molecule has 0 saturated carbocycles. The summed E-state index contributed by atoms with van der Waals surface area (Å²) >= 11 is 3.56. The summed E-state index contributed by atoms with van der Waals surface area (Å²) in [5.74, 6) is -0.304. The van der Waals surface area contributed by atoms with Crippen LogP contribution in [0.5, 0.6) is 0 Å². The number of nitrogens with one attached hydrogen (secondary N) is 1. The molecule has 2 amide bonds. The monoisotopic (exact) mass is 363 g/mol. The highest BCUT2D eigenvalue weighted by Gasteiger charge is 2.29. The third-order valence-electron chi connectivity index (χ3n) is 4.35. The van der Waals surface area contributed by atoms with Crippen molar-refractivity contribution in [3.8, 4) is 0 Å². The van der Waals surface area contributed by atoms with E-state index in [-0.39, 0.29) is 11.8 Å². The minimum Gasteiger partial charge on any atom is -0.366 e. The van der Waals surface area contributed by atoms with E-state index in [1.165, 1.54) is 5.56 Å². The molecule has 0 saturated heterocycles. The number of aromatic amines is 1. The zero-order valence-corrected chi connectivity index (χ0v) is 14.2. The predicted molar refractivity (Wildman–Crippen MR) is 88.7 cm³/mol. The Bertz CT molecular complexity index is 779. The summed E-state index contributed by atoms with van der Waals surface area (Å²) in [6.45, 7) is 0. The first-order chi connectivity index (χ1) is 10.4. The molecule has 1 atom stereocenters. The molecule has 6 heteroatoms. The van der Waals surface area contributed by atoms with Gasteiger partial charge in [-0.1, -0.05) is 15.9 Å². The van der Waals surface area contributed by atoms with E-state index in [4.69, 9.17) is 5.73 Å². The number of H-pyrrole nitrogens is 1. The van der Waals surface area contributed by atoms with Gasteiger partial charge in [0.15, 0.2) is 0 Å². The molecule has 1 unspecified atom stereocenters. The molecule has 0 aliphatic heterocycles. The number of fused-ring (bicyclic) bond motifs is 3. The van der Waals surface area contributed by atoms with Crippen LogP contribution in [0.2, 0.25) is 0 Å². The molecule has 1 aliphatic carbocycles. The van der Waals surface area contributed by atoms with Crippen molar-refractivity contribution in [2.75, 3.05) is 14.1 Å². The van der Waals surface area contributed by atoms with E-state index in [2.05, 4.69) is 20.9 Å². The van der Waals surface area contributed by atoms with Gasteiger partial charge in [0.25, 0.3) is 5.91 Å². The number of benzene rings is 1. The van der Waals surface area contributed by atoms with E-state index < -0.39 is 5.91 Å². The molecule has 3 N–H and O–H groups in total. The van der Waals surface area contributed by atoms with E-state index in [0.717, 1.165) is 33.9 Å². The zero-order valence-electron chi connectivity index (χ0n) is 12.6. The van der Waals surface area contributed by atoms with E-state index in [9.17, 15) is 9.59 Å². The smallest absolute Gasteiger partial charge is 0.250 e. The van der Waals surface area contributed by atoms with Crippen LogP contribution in [0.4, 0.5) is 0 Å². The van der Waals surface area contributed by atoms with Crippen LogP contribution in [0.15, 0.2) is 16.6 Å². The lowest BCUT2D eigenvalue weighted by atomic mass is 9.86. The minimum absolute atomic E-state index is 0.00799. The quantitative estimate of drug-likeness (QED) is 0.857. The Labute approximate surface area is 137 Å². The van der Waals surface area contributed by atoms with Gasteiger partial charge in [0.05, 0.1) is 11.1 Å². The van der Waals surface area contributed by atoms with Gasteiger partial charge in [0.2, 0.25) is 5.91 Å². The molecule has 0 radical (unpaired) electrons. The summed E-state index contributed by atoms with van der Waals surface area (Å²) in [5.41, 5.74) is 8.95. The topological polar surface area (TPSA) is 79.2 Å². The number of halogens is 1. The van der Waals surface area contributed by atoms with Crippen molar-refractivity contribution in [1.29, 1.82) is 0 Å². The van der Waals surface area contributed by atoms with E-state index in [0.29, 0.717) is 12.0 Å². The van der Waals surface area contributed by atoms with Crippen LogP contribution in [0.25, 0.3) is 10.9 Å². The standard InChI is InChI=1S/C16H18BrN3O2/c1-20(2)16(22)8-3-4-9-12(7-8)19-14-10(15(18)21)5-6-11(17)13(9)14/h5-6,8,19H,3-4,7H2,1-2H3,(H2,18,21). The fourth-order valence-corrected chi connectivity index (χ4v) is 3.85. The number of amides is 2. The normalized spacial score (nSPS) is 17.3. The maximum absolute atomic E-state index is 12.2. The first-order valence-corrected chi connectivity index (χ1v) is 8.02. The Morgan fingerprint density at radius 2 is 2.09 bits per heavy atom. The van der Waals surface area contributed by atoms with Crippen LogP contribution in [0.3, 0.4) is 0 Å². The summed E-state index contributed by atoms with van der Waals surface area (Å²) in [4.78, 5) is 28.8. The predicted octanol–water partition coefficient (Wildman–Crippen LogP) is 2.22. The van der Waals surface area contributed by atoms with Crippen molar-refractivity contribution < 1.29 is 9.59 Å². The van der Waals surface area contributed by atoms with Gasteiger partial charge in [-0.2, -0.15) is 0 Å². The van der Waals surface area contributed by atoms with Crippen molar-refractivity contribution in [1.82, 2.24) is 9.88 Å². The maximum Gasteiger partial charge on any atom is 0.250 e. The van der Waals surface area contributed by atoms with Crippen molar-refractivity contribution in [3.05, 3.63) is 33.4 Å². The molecule has 1 aromatic carbocycles. The maximum atomic E-state index is 12.2. The van der Waals surface area contributed by atoms with Crippen molar-refractivity contribution in [2.45, 2.75) is 19.3 Å². The average molecular weight is 364 g/mol. The molecule has 0 spiro atoms. The van der Waals surface area contributed by atoms with E-state index in [1.54, 1.807) is 25.1 Å². The van der Waals surface area contributed by atoms with Crippen LogP contribution < -0.4 is 5.73 Å². The minimum atomic E-state index is -0.447. The van der Waals surface area contributed by atoms with Crippen LogP contribution in [0, 0.1) is 5.92 Å². The first-order valence-electron chi connectivity index (χ1n) is 7.23. The molecule has 1 aromatic heterocycles. The number of primary amides is 1. The number of nitrogens with zero attached hydrogens (tertiary/aromatic N) is 1. The Morgan fingerprint density at radius 1 is 1.36 bits per heavy atom. The lowest BCUT2D eigenvalue weighted by molar-refractivity contribution is -0.133. The first kappa shape index (κ1) is 15.1. The summed E-state index contributed by atoms with van der Waals surface area (Å²) in [6, 6.07) is 3.58. The largest absolute Gasteiger partial charge is 0.366 e. The second kappa shape index (κ2) is 5.43. The SMILES string of the molecule is CN(C)C(=O)C1CCc2c([nH]c3c(C(N)=O)ccc(Br)c23)C1. The Balaban J connectivity index is 2.10. The molecule has 0 bridgehead atoms. The lowest BCUT2D eigenvalue weighted by Crippen LogP contribution is -2.33. The Kier molecular flexibility index (Phi) is 3.72. The fraction of sp³-hybridized carbons (Fsp3) is 0.375. The molecular formula is C16H18BrN3O2. The zero-order chi connectivity index (χ0) is 16.0. The van der Waals surface area contributed by atoms with Crippen molar-refractivity contribution in [3.63, 3.8) is 0 Å². The highest BCUT2D eigenvalue weighted by Crippen LogP contribution is 2.37. The Morgan fingerprint density at radius 3 is 2.73 bits per heavy atom. The van der Waals surface area contributed by atoms with Gasteiger partial charge >= 0.3 is 0 Å². The molecule has 3 rings (SSSR count). The van der Waals surface area contributed by atoms with Gasteiger partial charge in [-0.15, -0.1) is 0 Å². The third-order valence-corrected chi connectivity index (χ3v) is 5.01. The number of aryl methyl sites for hydroxylation is 1. The van der Waals surface area contributed by atoms with E-state index >= 15 is 0 Å². The number of hydrogen-bond donors (Lipinski definition) is 2. The van der Waals surface area contributed by atoms with Crippen molar-refractivity contribution in [2.24, 2.45) is 11.7 Å². The summed E-state index contributed by atoms with van der Waals surface area (Å²) in [6.07, 6.45) is 2.32. The molecular weight excluding hydrogens is 346 g/mol. The molecule has 0 fully saturated rings. The second-order valence-corrected chi connectivity index (χ2v) is 6.82. The van der Waals surface area contributed by atoms with Crippen LogP contribution >= 0.6 is 15.9 Å². The van der Waals surface area contributed by atoms with Gasteiger partial charge in [-0.3, -0.25) is 9.59 Å². The molecule has 116 valence electrons. The number of hydrogen-bond acceptors (Lipinski definition) is 2. The number of carbonyl (C=O) groups is 2. The van der Waals surface area contributed by atoms with Gasteiger partial charge in [0.1, 0.15) is 0 Å². The molecule has 2 aromatic rings. The van der Waals surface area contributed by atoms with Crippen LogP contribution in [-0.2, 0) is 17.6 Å². The van der Waals surface area contributed by atoms with Gasteiger partial charge in [-0.25, -0.2) is 0 Å². The second-order valence-electron chi connectivity index (χ2n) is 5.96. The summed E-state index contributed by atoms with van der Waals surface area (Å²) in [5, 5.41) is 1.02. The number of aromatic nitrogens is 1. The number of nitrogens with two attached hydrogens (primary N) is 1. The van der Waals surface area contributed by atoms with Gasteiger partial charge in [0, 0.05) is 35.6 Å². The van der Waals surface area contributed by atoms with Crippen molar-refractivity contribution >= 4 is 38.6 Å². The molecule has 1 aliphatic rings. The summed E-state index contributed by atoms with van der Waals surface area (Å²) < 4.78 is 0.947. The highest BCUT2D eigenvalue weighted by atomic mass is 79.9. The van der Waals surface area contributed by atoms with Crippen LogP contribution in [0.1, 0.15) is 28.0 Å². The van der Waals surface area contributed by atoms with Gasteiger partial charge < -0.3 is 15.6 Å². The highest BCUT2D eigenvalue weighted by molar-refractivity contribution is 9.10. The average Bonchev–Trinajstić information content (AvgIpc) is 2.85. The number of carbonyl (C=O) groups excluding carboxylic acids is 2.